The number of anilines is 1. The van der Waals surface area contributed by atoms with Crippen LogP contribution in [0.5, 0.6) is 5.88 Å². The second kappa shape index (κ2) is 10.9. The average Bonchev–Trinajstić information content (AvgIpc) is 2.84. The van der Waals surface area contributed by atoms with E-state index >= 15 is 0 Å². The molecule has 2 heterocycles. The summed E-state index contributed by atoms with van der Waals surface area (Å²) in [6.07, 6.45) is 1.67. The van der Waals surface area contributed by atoms with Gasteiger partial charge in [0.15, 0.2) is 0 Å². The lowest BCUT2D eigenvalue weighted by molar-refractivity contribution is 0.0398. The van der Waals surface area contributed by atoms with Crippen LogP contribution in [0.3, 0.4) is 0 Å². The number of rotatable bonds is 9. The third-order valence-electron chi connectivity index (χ3n) is 5.57. The molecule has 4 rings (SSSR count). The molecule has 0 saturated carbocycles. The summed E-state index contributed by atoms with van der Waals surface area (Å²) in [4.78, 5) is 6.64. The summed E-state index contributed by atoms with van der Waals surface area (Å²) >= 11 is 0. The lowest BCUT2D eigenvalue weighted by Gasteiger charge is -2.26. The normalized spacial score (nSPS) is 14.2. The molecule has 0 radical (unpaired) electrons. The molecule has 0 aliphatic carbocycles. The van der Waals surface area contributed by atoms with Crippen molar-refractivity contribution in [1.82, 2.24) is 9.88 Å². The molecule has 0 amide bonds. The summed E-state index contributed by atoms with van der Waals surface area (Å²) in [5.74, 6) is 0.335. The highest BCUT2D eigenvalue weighted by Gasteiger charge is 2.13. The molecule has 1 N–H and O–H groups in total. The smallest absolute Gasteiger partial charge is 0.232 e. The second-order valence-electron chi connectivity index (χ2n) is 7.65. The summed E-state index contributed by atoms with van der Waals surface area (Å²) in [7, 11) is 1.61. The molecule has 0 atom stereocenters. The van der Waals surface area contributed by atoms with Gasteiger partial charge < -0.3 is 19.5 Å². The van der Waals surface area contributed by atoms with E-state index in [1.807, 2.05) is 12.1 Å². The zero-order chi connectivity index (χ0) is 22.2. The second-order valence-corrected chi connectivity index (χ2v) is 7.65. The summed E-state index contributed by atoms with van der Waals surface area (Å²) in [5.41, 5.74) is 3.31. The van der Waals surface area contributed by atoms with E-state index in [1.54, 1.807) is 13.3 Å². The number of nitriles is 1. The first-order valence-electron chi connectivity index (χ1n) is 10.9. The van der Waals surface area contributed by atoms with E-state index in [2.05, 4.69) is 51.6 Å². The molecule has 1 aromatic heterocycles. The van der Waals surface area contributed by atoms with Crippen molar-refractivity contribution in [2.75, 3.05) is 65.0 Å². The highest BCUT2D eigenvalue weighted by Crippen LogP contribution is 2.31. The molecule has 1 aliphatic rings. The minimum absolute atomic E-state index is 0.335. The van der Waals surface area contributed by atoms with E-state index in [4.69, 9.17) is 14.2 Å². The van der Waals surface area contributed by atoms with Crippen molar-refractivity contribution in [2.24, 2.45) is 0 Å². The molecule has 0 unspecified atom stereocenters. The Labute approximate surface area is 188 Å². The number of nitrogens with zero attached hydrogens (tertiary/aromatic N) is 3. The van der Waals surface area contributed by atoms with Gasteiger partial charge >= 0.3 is 0 Å². The fourth-order valence-electron chi connectivity index (χ4n) is 3.83. The Kier molecular flexibility index (Phi) is 7.51. The van der Waals surface area contributed by atoms with Crippen LogP contribution in [0.4, 0.5) is 5.69 Å². The van der Waals surface area contributed by atoms with Crippen LogP contribution in [0, 0.1) is 11.3 Å². The number of hydrogen-bond acceptors (Lipinski definition) is 7. The van der Waals surface area contributed by atoms with Gasteiger partial charge in [0.1, 0.15) is 18.2 Å². The van der Waals surface area contributed by atoms with Gasteiger partial charge in [0.2, 0.25) is 5.88 Å². The molecular formula is C25H28N4O3. The zero-order valence-corrected chi connectivity index (χ0v) is 18.3. The highest BCUT2D eigenvalue weighted by atomic mass is 16.5. The molecule has 0 bridgehead atoms. The standard InChI is InChI=1S/C25H28N4O3/c1-30-14-15-32-25-24(18-26)23(6-7-28-25)21-3-2-20-17-22(5-4-19(20)16-21)27-8-9-29-10-12-31-13-11-29/h2-7,16-17,27H,8-15H2,1H3. The van der Waals surface area contributed by atoms with Gasteiger partial charge in [-0.3, -0.25) is 4.90 Å². The molecule has 1 fully saturated rings. The van der Waals surface area contributed by atoms with Crippen molar-refractivity contribution < 1.29 is 14.2 Å². The first-order chi connectivity index (χ1) is 15.8. The van der Waals surface area contributed by atoms with Gasteiger partial charge in [-0.25, -0.2) is 4.98 Å². The number of benzene rings is 2. The lowest BCUT2D eigenvalue weighted by atomic mass is 9.98. The van der Waals surface area contributed by atoms with E-state index in [0.717, 1.165) is 67.0 Å². The molecule has 7 heteroatoms. The Morgan fingerprint density at radius 2 is 1.91 bits per heavy atom. The number of morpholine rings is 1. The van der Waals surface area contributed by atoms with E-state index in [0.29, 0.717) is 24.7 Å². The molecule has 1 aliphatic heterocycles. The largest absolute Gasteiger partial charge is 0.474 e. The number of aromatic nitrogens is 1. The maximum atomic E-state index is 9.72. The van der Waals surface area contributed by atoms with Crippen LogP contribution in [0.1, 0.15) is 5.56 Å². The van der Waals surface area contributed by atoms with Crippen molar-refractivity contribution in [3.63, 3.8) is 0 Å². The van der Waals surface area contributed by atoms with Crippen LogP contribution in [-0.2, 0) is 9.47 Å². The highest BCUT2D eigenvalue weighted by molar-refractivity contribution is 5.90. The van der Waals surface area contributed by atoms with Gasteiger partial charge in [-0.15, -0.1) is 0 Å². The third kappa shape index (κ3) is 5.35. The van der Waals surface area contributed by atoms with Crippen LogP contribution < -0.4 is 10.1 Å². The van der Waals surface area contributed by atoms with Crippen molar-refractivity contribution in [1.29, 1.82) is 5.26 Å². The van der Waals surface area contributed by atoms with Gasteiger partial charge in [0.25, 0.3) is 0 Å². The Bertz CT molecular complexity index is 1090. The maximum absolute atomic E-state index is 9.72. The van der Waals surface area contributed by atoms with Crippen molar-refractivity contribution in [3.05, 3.63) is 54.2 Å². The first kappa shape index (κ1) is 22.0. The van der Waals surface area contributed by atoms with Gasteiger partial charge in [0.05, 0.1) is 19.8 Å². The number of nitrogens with one attached hydrogen (secondary N) is 1. The summed E-state index contributed by atoms with van der Waals surface area (Å²) in [5, 5.41) is 15.5. The summed E-state index contributed by atoms with van der Waals surface area (Å²) in [6, 6.07) is 16.7. The van der Waals surface area contributed by atoms with Crippen LogP contribution in [0.2, 0.25) is 0 Å². The third-order valence-corrected chi connectivity index (χ3v) is 5.57. The average molecular weight is 433 g/mol. The van der Waals surface area contributed by atoms with Gasteiger partial charge in [0, 0.05) is 50.7 Å². The Morgan fingerprint density at radius 1 is 1.09 bits per heavy atom. The zero-order valence-electron chi connectivity index (χ0n) is 18.3. The number of methoxy groups -OCH3 is 1. The van der Waals surface area contributed by atoms with Gasteiger partial charge in [-0.05, 0) is 40.6 Å². The molecule has 3 aromatic rings. The first-order valence-corrected chi connectivity index (χ1v) is 10.9. The van der Waals surface area contributed by atoms with Crippen molar-refractivity contribution >= 4 is 16.5 Å². The van der Waals surface area contributed by atoms with Crippen LogP contribution >= 0.6 is 0 Å². The molecule has 0 spiro atoms. The SMILES string of the molecule is COCCOc1nccc(-c2ccc3cc(NCCN4CCOCC4)ccc3c2)c1C#N. The van der Waals surface area contributed by atoms with Crippen LogP contribution in [-0.4, -0.2) is 69.6 Å². The lowest BCUT2D eigenvalue weighted by Crippen LogP contribution is -2.38. The van der Waals surface area contributed by atoms with Gasteiger partial charge in [-0.1, -0.05) is 18.2 Å². The minimum Gasteiger partial charge on any atom is -0.474 e. The molecule has 2 aromatic carbocycles. The number of pyridine rings is 1. The van der Waals surface area contributed by atoms with E-state index in [9.17, 15) is 5.26 Å². The Hall–Kier alpha value is -3.18. The molecule has 1 saturated heterocycles. The summed E-state index contributed by atoms with van der Waals surface area (Å²) in [6.45, 7) is 6.35. The predicted molar refractivity (Wildman–Crippen MR) is 125 cm³/mol. The topological polar surface area (TPSA) is 79.6 Å². The maximum Gasteiger partial charge on any atom is 0.232 e. The molecule has 7 nitrogen and oxygen atoms in total. The molecule has 166 valence electrons. The Morgan fingerprint density at radius 3 is 2.72 bits per heavy atom. The fourth-order valence-corrected chi connectivity index (χ4v) is 3.83. The van der Waals surface area contributed by atoms with Crippen molar-refractivity contribution in [2.45, 2.75) is 0 Å². The fraction of sp³-hybridized carbons (Fsp3) is 0.360. The molecule has 32 heavy (non-hydrogen) atoms. The minimum atomic E-state index is 0.335. The number of fused-ring (bicyclic) bond motifs is 1. The Balaban J connectivity index is 1.48. The quantitative estimate of drug-likeness (QED) is 0.518. The molecular weight excluding hydrogens is 404 g/mol. The van der Waals surface area contributed by atoms with E-state index in [-0.39, 0.29) is 0 Å². The van der Waals surface area contributed by atoms with E-state index in [1.165, 1.54) is 0 Å². The van der Waals surface area contributed by atoms with E-state index < -0.39 is 0 Å². The number of hydrogen-bond donors (Lipinski definition) is 1. The van der Waals surface area contributed by atoms with Crippen molar-refractivity contribution in [3.8, 4) is 23.1 Å². The monoisotopic (exact) mass is 432 g/mol. The summed E-state index contributed by atoms with van der Waals surface area (Å²) < 4.78 is 16.1. The number of ether oxygens (including phenoxy) is 3. The van der Waals surface area contributed by atoms with Gasteiger partial charge in [-0.2, -0.15) is 5.26 Å². The van der Waals surface area contributed by atoms with Crippen LogP contribution in [0.15, 0.2) is 48.7 Å². The van der Waals surface area contributed by atoms with Crippen LogP contribution in [0.25, 0.3) is 21.9 Å². The predicted octanol–water partition coefficient (Wildman–Crippen LogP) is 3.54.